The fraction of sp³-hybridized carbons (Fsp3) is 0.485. The molecule has 2 aromatic rings. The molecule has 2 amide bonds. The first-order valence-electron chi connectivity index (χ1n) is 14.4. The van der Waals surface area contributed by atoms with Crippen molar-refractivity contribution in [1.82, 2.24) is 9.80 Å². The summed E-state index contributed by atoms with van der Waals surface area (Å²) in [6.07, 6.45) is -2.09. The fourth-order valence-electron chi connectivity index (χ4n) is 5.07. The second-order valence-electron chi connectivity index (χ2n) is 12.8. The lowest BCUT2D eigenvalue weighted by Gasteiger charge is -2.33. The van der Waals surface area contributed by atoms with E-state index in [0.717, 1.165) is 32.1 Å². The Morgan fingerprint density at radius 2 is 1.16 bits per heavy atom. The normalized spacial score (nSPS) is 14.0. The Morgan fingerprint density at radius 1 is 0.727 bits per heavy atom. The smallest absolute Gasteiger partial charge is 0.410 e. The summed E-state index contributed by atoms with van der Waals surface area (Å²) in [6, 6.07) is 12.5. The van der Waals surface area contributed by atoms with Crippen molar-refractivity contribution in [2.45, 2.75) is 83.6 Å². The molecule has 0 aliphatic heterocycles. The summed E-state index contributed by atoms with van der Waals surface area (Å²) < 4.78 is 16.3. The van der Waals surface area contributed by atoms with E-state index in [-0.39, 0.29) is 12.5 Å². The quantitative estimate of drug-likeness (QED) is 0.302. The van der Waals surface area contributed by atoms with Crippen molar-refractivity contribution < 1.29 is 43.3 Å². The molecular weight excluding hydrogens is 568 g/mol. The van der Waals surface area contributed by atoms with Crippen LogP contribution < -0.4 is 0 Å². The van der Waals surface area contributed by atoms with Crippen LogP contribution in [0.2, 0.25) is 0 Å². The summed E-state index contributed by atoms with van der Waals surface area (Å²) in [5.41, 5.74) is 2.34. The maximum atomic E-state index is 13.7. The molecule has 238 valence electrons. The van der Waals surface area contributed by atoms with Crippen molar-refractivity contribution in [2.75, 3.05) is 20.7 Å². The number of carboxylic acid groups (broad SMARTS) is 1. The highest BCUT2D eigenvalue weighted by Crippen LogP contribution is 2.44. The van der Waals surface area contributed by atoms with Crippen LogP contribution in [0.15, 0.2) is 48.5 Å². The number of amides is 2. The molecule has 0 radical (unpaired) electrons. The van der Waals surface area contributed by atoms with E-state index in [1.165, 1.54) is 14.1 Å². The molecule has 0 aromatic heterocycles. The molecule has 0 unspecified atom stereocenters. The molecule has 11 nitrogen and oxygen atoms in total. The van der Waals surface area contributed by atoms with Gasteiger partial charge in [0.15, 0.2) is 0 Å². The van der Waals surface area contributed by atoms with Gasteiger partial charge in [-0.2, -0.15) is 0 Å². The summed E-state index contributed by atoms with van der Waals surface area (Å²) >= 11 is 0. The molecule has 0 spiro atoms. The first-order chi connectivity index (χ1) is 20.4. The minimum Gasteiger partial charge on any atom is -0.480 e. The number of carboxylic acids is 1. The second kappa shape index (κ2) is 13.5. The molecule has 1 aliphatic carbocycles. The number of carbonyl (C=O) groups excluding carboxylic acids is 4. The number of esters is 2. The van der Waals surface area contributed by atoms with E-state index < -0.39 is 66.0 Å². The van der Waals surface area contributed by atoms with Crippen LogP contribution in [0.4, 0.5) is 4.79 Å². The molecule has 0 bridgehead atoms. The van der Waals surface area contributed by atoms with Crippen LogP contribution >= 0.6 is 0 Å². The van der Waals surface area contributed by atoms with Crippen molar-refractivity contribution >= 4 is 29.9 Å². The molecular formula is C33H42N2O9. The number of rotatable bonds is 10. The topological polar surface area (TPSA) is 140 Å². The molecule has 0 heterocycles. The van der Waals surface area contributed by atoms with Crippen LogP contribution in [0.1, 0.15) is 71.4 Å². The van der Waals surface area contributed by atoms with E-state index in [9.17, 15) is 29.1 Å². The average Bonchev–Trinajstić information content (AvgIpc) is 3.23. The summed E-state index contributed by atoms with van der Waals surface area (Å²) in [7, 11) is 2.49. The number of fused-ring (bicyclic) bond motifs is 3. The lowest BCUT2D eigenvalue weighted by molar-refractivity contribution is -0.164. The summed E-state index contributed by atoms with van der Waals surface area (Å²) in [6.45, 7) is 9.84. The Bertz CT molecular complexity index is 1360. The number of nitrogens with zero attached hydrogens (tertiary/aromatic N) is 2. The van der Waals surface area contributed by atoms with Crippen LogP contribution in [-0.2, 0) is 33.4 Å². The Labute approximate surface area is 258 Å². The number of benzene rings is 2. The van der Waals surface area contributed by atoms with Gasteiger partial charge >= 0.3 is 24.0 Å². The van der Waals surface area contributed by atoms with Gasteiger partial charge in [0.25, 0.3) is 0 Å². The minimum absolute atomic E-state index is 0.0310. The van der Waals surface area contributed by atoms with Crippen LogP contribution in [0.5, 0.6) is 0 Å². The third kappa shape index (κ3) is 8.58. The maximum Gasteiger partial charge on any atom is 0.410 e. The van der Waals surface area contributed by atoms with E-state index in [1.807, 2.05) is 48.5 Å². The van der Waals surface area contributed by atoms with Crippen molar-refractivity contribution in [1.29, 1.82) is 0 Å². The Morgan fingerprint density at radius 3 is 1.59 bits per heavy atom. The highest BCUT2D eigenvalue weighted by Gasteiger charge is 2.39. The first-order valence-corrected chi connectivity index (χ1v) is 14.4. The lowest BCUT2D eigenvalue weighted by atomic mass is 9.98. The molecule has 1 aliphatic rings. The molecule has 11 heteroatoms. The largest absolute Gasteiger partial charge is 0.480 e. The third-order valence-corrected chi connectivity index (χ3v) is 7.04. The minimum atomic E-state index is -1.62. The predicted octanol–water partition coefficient (Wildman–Crippen LogP) is 4.61. The van der Waals surface area contributed by atoms with Crippen molar-refractivity contribution in [3.63, 3.8) is 0 Å². The number of hydrogen-bond acceptors (Lipinski definition) is 8. The Hall–Kier alpha value is -4.41. The van der Waals surface area contributed by atoms with E-state index in [0.29, 0.717) is 0 Å². The zero-order chi connectivity index (χ0) is 33.0. The predicted molar refractivity (Wildman–Crippen MR) is 162 cm³/mol. The van der Waals surface area contributed by atoms with Gasteiger partial charge in [-0.15, -0.1) is 0 Å². The lowest BCUT2D eigenvalue weighted by Crippen LogP contribution is -2.54. The van der Waals surface area contributed by atoms with Gasteiger partial charge < -0.3 is 24.2 Å². The summed E-state index contributed by atoms with van der Waals surface area (Å²) in [5.74, 6) is -4.18. The average molecular weight is 611 g/mol. The van der Waals surface area contributed by atoms with Gasteiger partial charge in [-0.3, -0.25) is 19.3 Å². The molecule has 2 aromatic carbocycles. The molecule has 3 rings (SSSR count). The summed E-state index contributed by atoms with van der Waals surface area (Å²) in [4.78, 5) is 66.3. The monoisotopic (exact) mass is 610 g/mol. The first kappa shape index (κ1) is 34.1. The maximum absolute atomic E-state index is 13.7. The molecule has 1 N–H and O–H groups in total. The molecule has 0 saturated heterocycles. The molecule has 0 fully saturated rings. The third-order valence-electron chi connectivity index (χ3n) is 7.04. The fourth-order valence-corrected chi connectivity index (χ4v) is 5.07. The SMILES string of the molecule is CN(C(=O)OCC1c2ccccc2-c2ccccc21)[C@@H](CC(=O)OC(C)(C)C)C(=O)N(C)[C@@H](CC(=O)OC(C)(C)C)C(=O)O. The molecule has 44 heavy (non-hydrogen) atoms. The zero-order valence-electron chi connectivity index (χ0n) is 26.6. The Balaban J connectivity index is 1.83. The van der Waals surface area contributed by atoms with Crippen molar-refractivity contribution in [3.05, 3.63) is 59.7 Å². The van der Waals surface area contributed by atoms with Crippen LogP contribution in [-0.4, -0.2) is 88.8 Å². The van der Waals surface area contributed by atoms with Gasteiger partial charge in [0.2, 0.25) is 5.91 Å². The van der Waals surface area contributed by atoms with E-state index >= 15 is 0 Å². The van der Waals surface area contributed by atoms with Crippen LogP contribution in [0, 0.1) is 0 Å². The number of carbonyl (C=O) groups is 5. The standard InChI is InChI=1S/C33H42N2O9/c1-32(2,3)43-27(36)17-25(29(38)34(7)26(30(39)40)18-28(37)44-33(4,5)6)35(8)31(41)42-19-24-22-15-11-9-13-20(22)21-14-10-12-16-23(21)24/h9-16,24-26H,17-19H2,1-8H3,(H,39,40)/t25-,26-/m0/s1. The van der Waals surface area contributed by atoms with E-state index in [2.05, 4.69) is 0 Å². The second-order valence-corrected chi connectivity index (χ2v) is 12.8. The van der Waals surface area contributed by atoms with Crippen LogP contribution in [0.3, 0.4) is 0 Å². The van der Waals surface area contributed by atoms with E-state index in [4.69, 9.17) is 14.2 Å². The molecule has 2 atom stereocenters. The molecule has 0 saturated carbocycles. The number of likely N-dealkylation sites (N-methyl/N-ethyl adjacent to an activating group) is 2. The van der Waals surface area contributed by atoms with Gasteiger partial charge in [-0.05, 0) is 63.8 Å². The van der Waals surface area contributed by atoms with Gasteiger partial charge in [0, 0.05) is 20.0 Å². The van der Waals surface area contributed by atoms with Crippen LogP contribution in [0.25, 0.3) is 11.1 Å². The van der Waals surface area contributed by atoms with Gasteiger partial charge in [0.05, 0.1) is 12.8 Å². The number of ether oxygens (including phenoxy) is 3. The van der Waals surface area contributed by atoms with E-state index in [1.54, 1.807) is 41.5 Å². The van der Waals surface area contributed by atoms with Crippen molar-refractivity contribution in [3.8, 4) is 11.1 Å². The number of hydrogen-bond donors (Lipinski definition) is 1. The highest BCUT2D eigenvalue weighted by atomic mass is 16.6. The van der Waals surface area contributed by atoms with Gasteiger partial charge in [-0.25, -0.2) is 9.59 Å². The zero-order valence-corrected chi connectivity index (χ0v) is 26.6. The van der Waals surface area contributed by atoms with Gasteiger partial charge in [-0.1, -0.05) is 48.5 Å². The summed E-state index contributed by atoms with van der Waals surface area (Å²) in [5, 5.41) is 9.87. The Kier molecular flexibility index (Phi) is 10.4. The number of aliphatic carboxylic acids is 1. The highest BCUT2D eigenvalue weighted by molar-refractivity contribution is 5.93. The van der Waals surface area contributed by atoms with Crippen molar-refractivity contribution in [2.24, 2.45) is 0 Å². The van der Waals surface area contributed by atoms with Gasteiger partial charge in [0.1, 0.15) is 29.9 Å².